The second-order valence-corrected chi connectivity index (χ2v) is 4.01. The molecule has 0 unspecified atom stereocenters. The molecule has 0 aromatic heterocycles. The summed E-state index contributed by atoms with van der Waals surface area (Å²) in [6.45, 7) is 5.97. The standard InChI is InChI=1S/C12H14ClNO2/c1-8-5-4-6-10(12(15)16)7-14(3)9(2)11(8)13/h4-6H,1,7H2,2-3H3,(H,15,16)/b5-4-,10-6+,11-9+. The molecule has 1 rings (SSSR count). The fourth-order valence-corrected chi connectivity index (χ4v) is 1.53. The first-order valence-corrected chi connectivity index (χ1v) is 5.18. The van der Waals surface area contributed by atoms with E-state index in [-0.39, 0.29) is 0 Å². The maximum atomic E-state index is 10.9. The van der Waals surface area contributed by atoms with Crippen LogP contribution in [0.2, 0.25) is 0 Å². The van der Waals surface area contributed by atoms with Gasteiger partial charge in [0, 0.05) is 19.3 Å². The number of halogens is 1. The van der Waals surface area contributed by atoms with E-state index < -0.39 is 5.97 Å². The third-order valence-corrected chi connectivity index (χ3v) is 2.97. The van der Waals surface area contributed by atoms with Crippen LogP contribution in [0, 0.1) is 0 Å². The van der Waals surface area contributed by atoms with Crippen LogP contribution in [0.1, 0.15) is 6.92 Å². The summed E-state index contributed by atoms with van der Waals surface area (Å²) < 4.78 is 0. The first-order chi connectivity index (χ1) is 7.43. The quantitative estimate of drug-likeness (QED) is 0.765. The lowest BCUT2D eigenvalue weighted by atomic mass is 10.2. The van der Waals surface area contributed by atoms with Crippen LogP contribution in [0.25, 0.3) is 0 Å². The van der Waals surface area contributed by atoms with Crippen molar-refractivity contribution in [3.63, 3.8) is 0 Å². The molecule has 0 saturated carbocycles. The maximum absolute atomic E-state index is 10.9. The van der Waals surface area contributed by atoms with Gasteiger partial charge in [0.15, 0.2) is 0 Å². The minimum atomic E-state index is -0.923. The lowest BCUT2D eigenvalue weighted by Crippen LogP contribution is -2.23. The number of rotatable bonds is 1. The van der Waals surface area contributed by atoms with Crippen LogP contribution in [-0.2, 0) is 4.79 Å². The molecule has 1 aliphatic rings. The Hall–Kier alpha value is -1.48. The summed E-state index contributed by atoms with van der Waals surface area (Å²) in [5.41, 5.74) is 1.80. The highest BCUT2D eigenvalue weighted by Crippen LogP contribution is 2.22. The minimum Gasteiger partial charge on any atom is -0.478 e. The zero-order valence-corrected chi connectivity index (χ0v) is 10.1. The summed E-state index contributed by atoms with van der Waals surface area (Å²) in [7, 11) is 1.80. The lowest BCUT2D eigenvalue weighted by molar-refractivity contribution is -0.132. The van der Waals surface area contributed by atoms with Gasteiger partial charge in [-0.2, -0.15) is 0 Å². The Balaban J connectivity index is 3.16. The van der Waals surface area contributed by atoms with Crippen LogP contribution in [-0.4, -0.2) is 29.6 Å². The van der Waals surface area contributed by atoms with E-state index in [4.69, 9.17) is 16.7 Å². The average molecular weight is 240 g/mol. The van der Waals surface area contributed by atoms with Crippen LogP contribution >= 0.6 is 11.6 Å². The summed E-state index contributed by atoms with van der Waals surface area (Å²) in [6, 6.07) is 0. The third-order valence-electron chi connectivity index (χ3n) is 2.45. The molecule has 1 N–H and O–H groups in total. The second kappa shape index (κ2) is 5.03. The van der Waals surface area contributed by atoms with E-state index in [2.05, 4.69) is 6.58 Å². The molecule has 3 nitrogen and oxygen atoms in total. The second-order valence-electron chi connectivity index (χ2n) is 3.64. The van der Waals surface area contributed by atoms with E-state index in [1.54, 1.807) is 30.2 Å². The van der Waals surface area contributed by atoms with Gasteiger partial charge in [0.25, 0.3) is 0 Å². The Morgan fingerprint density at radius 1 is 1.62 bits per heavy atom. The molecular formula is C12H14ClNO2. The van der Waals surface area contributed by atoms with Crippen LogP contribution in [0.4, 0.5) is 0 Å². The third kappa shape index (κ3) is 2.76. The Bertz CT molecular complexity index is 419. The predicted molar refractivity (Wildman–Crippen MR) is 65.2 cm³/mol. The number of aliphatic carboxylic acids is 1. The maximum Gasteiger partial charge on any atom is 0.333 e. The average Bonchev–Trinajstić information content (AvgIpc) is 2.27. The molecule has 1 aliphatic heterocycles. The number of hydrogen-bond donors (Lipinski definition) is 1. The van der Waals surface area contributed by atoms with E-state index in [0.717, 1.165) is 5.70 Å². The van der Waals surface area contributed by atoms with Crippen molar-refractivity contribution < 1.29 is 9.90 Å². The first-order valence-electron chi connectivity index (χ1n) is 4.80. The summed E-state index contributed by atoms with van der Waals surface area (Å²) in [6.07, 6.45) is 4.92. The van der Waals surface area contributed by atoms with E-state index >= 15 is 0 Å². The molecule has 4 heteroatoms. The van der Waals surface area contributed by atoms with Gasteiger partial charge >= 0.3 is 5.97 Å². The molecule has 0 aromatic rings. The van der Waals surface area contributed by atoms with Crippen molar-refractivity contribution in [2.75, 3.05) is 13.6 Å². The highest BCUT2D eigenvalue weighted by Gasteiger charge is 2.14. The van der Waals surface area contributed by atoms with Gasteiger partial charge in [0.1, 0.15) is 0 Å². The molecule has 0 aliphatic carbocycles. The summed E-state index contributed by atoms with van der Waals surface area (Å²) in [5, 5.41) is 9.54. The number of carbonyl (C=O) groups is 1. The Kier molecular flexibility index (Phi) is 3.96. The number of allylic oxidation sites excluding steroid dienone is 6. The number of carboxylic acids is 1. The molecule has 0 saturated heterocycles. The zero-order valence-electron chi connectivity index (χ0n) is 9.33. The van der Waals surface area contributed by atoms with Gasteiger partial charge in [0.2, 0.25) is 0 Å². The van der Waals surface area contributed by atoms with Gasteiger partial charge in [-0.25, -0.2) is 4.79 Å². The van der Waals surface area contributed by atoms with Gasteiger partial charge in [-0.1, -0.05) is 30.3 Å². The fourth-order valence-electron chi connectivity index (χ4n) is 1.32. The summed E-state index contributed by atoms with van der Waals surface area (Å²) >= 11 is 6.11. The van der Waals surface area contributed by atoms with Gasteiger partial charge in [-0.15, -0.1) is 0 Å². The van der Waals surface area contributed by atoms with Gasteiger partial charge < -0.3 is 10.0 Å². The van der Waals surface area contributed by atoms with Gasteiger partial charge in [-0.3, -0.25) is 0 Å². The number of hydrogen-bond acceptors (Lipinski definition) is 2. The molecule has 0 amide bonds. The highest BCUT2D eigenvalue weighted by atomic mass is 35.5. The number of carboxylic acid groups (broad SMARTS) is 1. The summed E-state index contributed by atoms with van der Waals surface area (Å²) in [4.78, 5) is 12.7. The first kappa shape index (κ1) is 12.6. The van der Waals surface area contributed by atoms with Gasteiger partial charge in [0.05, 0.1) is 10.6 Å². The molecule has 0 fully saturated rings. The van der Waals surface area contributed by atoms with E-state index in [1.807, 2.05) is 6.92 Å². The number of likely N-dealkylation sites (N-methyl/N-ethyl adjacent to an activating group) is 1. The molecule has 1 heterocycles. The molecule has 0 spiro atoms. The van der Waals surface area contributed by atoms with Crippen LogP contribution < -0.4 is 0 Å². The van der Waals surface area contributed by atoms with Crippen LogP contribution in [0.5, 0.6) is 0 Å². The van der Waals surface area contributed by atoms with E-state index in [1.165, 1.54) is 0 Å². The lowest BCUT2D eigenvalue weighted by Gasteiger charge is -2.21. The van der Waals surface area contributed by atoms with Crippen molar-refractivity contribution in [1.29, 1.82) is 0 Å². The van der Waals surface area contributed by atoms with Crippen molar-refractivity contribution in [3.05, 3.63) is 46.7 Å². The van der Waals surface area contributed by atoms with Crippen molar-refractivity contribution in [2.24, 2.45) is 0 Å². The normalized spacial score (nSPS) is 27.6. The Morgan fingerprint density at radius 3 is 2.81 bits per heavy atom. The Morgan fingerprint density at radius 2 is 2.25 bits per heavy atom. The van der Waals surface area contributed by atoms with Crippen molar-refractivity contribution >= 4 is 17.6 Å². The van der Waals surface area contributed by atoms with Crippen LogP contribution in [0.15, 0.2) is 46.7 Å². The number of nitrogens with zero attached hydrogens (tertiary/aromatic N) is 1. The molecule has 0 aromatic carbocycles. The van der Waals surface area contributed by atoms with Crippen molar-refractivity contribution in [3.8, 4) is 0 Å². The monoisotopic (exact) mass is 239 g/mol. The Labute approximate surface area is 100 Å². The smallest absolute Gasteiger partial charge is 0.333 e. The summed E-state index contributed by atoms with van der Waals surface area (Å²) in [5.74, 6) is -0.923. The SMILES string of the molecule is C=C1/C=C\C=C(\C(=O)O)CN(C)/C(C)=C\1Cl. The molecule has 16 heavy (non-hydrogen) atoms. The molecule has 0 radical (unpaired) electrons. The van der Waals surface area contributed by atoms with Crippen molar-refractivity contribution in [2.45, 2.75) is 6.92 Å². The molecule has 0 atom stereocenters. The predicted octanol–water partition coefficient (Wildman–Crippen LogP) is 2.53. The highest BCUT2D eigenvalue weighted by molar-refractivity contribution is 6.32. The van der Waals surface area contributed by atoms with Gasteiger partial charge in [-0.05, 0) is 18.6 Å². The van der Waals surface area contributed by atoms with Crippen LogP contribution in [0.3, 0.4) is 0 Å². The largest absolute Gasteiger partial charge is 0.478 e. The molecule has 0 bridgehead atoms. The minimum absolute atomic E-state index is 0.314. The zero-order chi connectivity index (χ0) is 12.3. The van der Waals surface area contributed by atoms with E-state index in [9.17, 15) is 4.79 Å². The topological polar surface area (TPSA) is 40.5 Å². The van der Waals surface area contributed by atoms with Crippen molar-refractivity contribution in [1.82, 2.24) is 4.90 Å². The molecular weight excluding hydrogens is 226 g/mol. The van der Waals surface area contributed by atoms with E-state index in [0.29, 0.717) is 22.7 Å². The fraction of sp³-hybridized carbons (Fsp3) is 0.250. The molecule has 86 valence electrons.